The molecule has 0 aromatic carbocycles. The highest BCUT2D eigenvalue weighted by Crippen LogP contribution is 2.41. The molecule has 0 heterocycles. The lowest BCUT2D eigenvalue weighted by Gasteiger charge is -2.01. The van der Waals surface area contributed by atoms with E-state index in [4.69, 9.17) is 5.11 Å². The molecule has 1 rings (SSSR count). The SMILES string of the molecule is CC(C)C(=O)[C@H]1C[C@H]1C(=O)CO. The molecule has 1 N–H and O–H groups in total. The highest BCUT2D eigenvalue weighted by molar-refractivity contribution is 5.95. The molecule has 3 nitrogen and oxygen atoms in total. The van der Waals surface area contributed by atoms with Gasteiger partial charge in [-0.3, -0.25) is 9.59 Å². The van der Waals surface area contributed by atoms with Gasteiger partial charge in [-0.05, 0) is 6.42 Å². The summed E-state index contributed by atoms with van der Waals surface area (Å²) in [6.45, 7) is 3.24. The van der Waals surface area contributed by atoms with Crippen molar-refractivity contribution in [2.45, 2.75) is 20.3 Å². The third-order valence-electron chi connectivity index (χ3n) is 2.29. The summed E-state index contributed by atoms with van der Waals surface area (Å²) in [6.07, 6.45) is 0.649. The Balaban J connectivity index is 2.42. The zero-order valence-corrected chi connectivity index (χ0v) is 7.41. The molecule has 2 atom stereocenters. The Morgan fingerprint density at radius 1 is 1.42 bits per heavy atom. The van der Waals surface area contributed by atoms with Gasteiger partial charge in [0, 0.05) is 17.8 Å². The summed E-state index contributed by atoms with van der Waals surface area (Å²) >= 11 is 0. The van der Waals surface area contributed by atoms with Gasteiger partial charge in [0.15, 0.2) is 5.78 Å². The fraction of sp³-hybridized carbons (Fsp3) is 0.778. The molecule has 1 fully saturated rings. The number of carbonyl (C=O) groups excluding carboxylic acids is 2. The Bertz CT molecular complexity index is 208. The van der Waals surface area contributed by atoms with Gasteiger partial charge in [0.25, 0.3) is 0 Å². The monoisotopic (exact) mass is 170 g/mol. The molecule has 3 heteroatoms. The lowest BCUT2D eigenvalue weighted by molar-refractivity contribution is -0.127. The highest BCUT2D eigenvalue weighted by Gasteiger charge is 2.47. The second kappa shape index (κ2) is 3.35. The van der Waals surface area contributed by atoms with E-state index in [0.717, 1.165) is 0 Å². The van der Waals surface area contributed by atoms with Crippen LogP contribution in [0.2, 0.25) is 0 Å². The van der Waals surface area contributed by atoms with Crippen molar-refractivity contribution in [1.82, 2.24) is 0 Å². The quantitative estimate of drug-likeness (QED) is 0.664. The minimum absolute atomic E-state index is 0.00601. The van der Waals surface area contributed by atoms with Crippen LogP contribution >= 0.6 is 0 Å². The molecule has 0 unspecified atom stereocenters. The predicted octanol–water partition coefficient (Wildman–Crippen LogP) is 0.409. The lowest BCUT2D eigenvalue weighted by atomic mass is 10.0. The van der Waals surface area contributed by atoms with Crippen molar-refractivity contribution < 1.29 is 14.7 Å². The third kappa shape index (κ3) is 1.72. The highest BCUT2D eigenvalue weighted by atomic mass is 16.3. The molecule has 0 aromatic rings. The molecule has 0 aliphatic heterocycles. The van der Waals surface area contributed by atoms with E-state index >= 15 is 0 Å². The number of Topliss-reactive ketones (excluding diaryl/α,β-unsaturated/α-hetero) is 2. The first-order valence-electron chi connectivity index (χ1n) is 4.25. The zero-order valence-electron chi connectivity index (χ0n) is 7.41. The number of rotatable bonds is 4. The van der Waals surface area contributed by atoms with Crippen LogP contribution in [0.15, 0.2) is 0 Å². The van der Waals surface area contributed by atoms with E-state index in [-0.39, 0.29) is 29.3 Å². The van der Waals surface area contributed by atoms with Crippen LogP contribution in [-0.4, -0.2) is 23.3 Å². The molecule has 1 aliphatic rings. The van der Waals surface area contributed by atoms with Gasteiger partial charge in [0.05, 0.1) is 0 Å². The van der Waals surface area contributed by atoms with Crippen LogP contribution in [0.25, 0.3) is 0 Å². The average Bonchev–Trinajstić information content (AvgIpc) is 2.80. The molecule has 0 saturated heterocycles. The van der Waals surface area contributed by atoms with Crippen LogP contribution in [0.4, 0.5) is 0 Å². The van der Waals surface area contributed by atoms with Crippen LogP contribution in [0.1, 0.15) is 20.3 Å². The molecule has 1 aliphatic carbocycles. The molecule has 68 valence electrons. The van der Waals surface area contributed by atoms with Gasteiger partial charge < -0.3 is 5.11 Å². The first-order valence-corrected chi connectivity index (χ1v) is 4.25. The van der Waals surface area contributed by atoms with Crippen LogP contribution in [0.3, 0.4) is 0 Å². The smallest absolute Gasteiger partial charge is 0.161 e. The maximum Gasteiger partial charge on any atom is 0.161 e. The van der Waals surface area contributed by atoms with E-state index in [1.807, 2.05) is 13.8 Å². The molecule has 0 spiro atoms. The van der Waals surface area contributed by atoms with Crippen molar-refractivity contribution >= 4 is 11.6 Å². The van der Waals surface area contributed by atoms with Crippen LogP contribution in [0, 0.1) is 17.8 Å². The minimum Gasteiger partial charge on any atom is -0.389 e. The Morgan fingerprint density at radius 2 is 2.00 bits per heavy atom. The molecule has 0 bridgehead atoms. The molecular weight excluding hydrogens is 156 g/mol. The standard InChI is InChI=1S/C9H14O3/c1-5(2)9(12)7-3-6(7)8(11)4-10/h5-7,10H,3-4H2,1-2H3/t6-,7+/m1/s1. The summed E-state index contributed by atoms with van der Waals surface area (Å²) in [6, 6.07) is 0. The maximum absolute atomic E-state index is 11.3. The van der Waals surface area contributed by atoms with E-state index in [1.54, 1.807) is 0 Å². The molecule has 12 heavy (non-hydrogen) atoms. The second-order valence-electron chi connectivity index (χ2n) is 3.63. The summed E-state index contributed by atoms with van der Waals surface area (Å²) in [5, 5.41) is 8.52. The fourth-order valence-electron chi connectivity index (χ4n) is 1.41. The number of aliphatic hydroxyl groups excluding tert-OH is 1. The van der Waals surface area contributed by atoms with Crippen molar-refractivity contribution in [2.24, 2.45) is 17.8 Å². The van der Waals surface area contributed by atoms with E-state index in [9.17, 15) is 9.59 Å². The summed E-state index contributed by atoms with van der Waals surface area (Å²) < 4.78 is 0. The molecule has 0 aromatic heterocycles. The van der Waals surface area contributed by atoms with Gasteiger partial charge in [-0.1, -0.05) is 13.8 Å². The first kappa shape index (κ1) is 9.39. The van der Waals surface area contributed by atoms with E-state index in [0.29, 0.717) is 6.42 Å². The minimum atomic E-state index is -0.424. The average molecular weight is 170 g/mol. The van der Waals surface area contributed by atoms with Crippen molar-refractivity contribution in [2.75, 3.05) is 6.61 Å². The second-order valence-corrected chi connectivity index (χ2v) is 3.63. The van der Waals surface area contributed by atoms with Crippen molar-refractivity contribution in [3.8, 4) is 0 Å². The molecule has 0 radical (unpaired) electrons. The number of hydrogen-bond donors (Lipinski definition) is 1. The van der Waals surface area contributed by atoms with E-state index in [1.165, 1.54) is 0 Å². The van der Waals surface area contributed by atoms with Crippen LogP contribution in [0.5, 0.6) is 0 Å². The Kier molecular flexibility index (Phi) is 2.62. The summed E-state index contributed by atoms with van der Waals surface area (Å²) in [5.41, 5.74) is 0. The normalized spacial score (nSPS) is 27.3. The Morgan fingerprint density at radius 3 is 2.42 bits per heavy atom. The van der Waals surface area contributed by atoms with Gasteiger partial charge in [0.1, 0.15) is 12.4 Å². The van der Waals surface area contributed by atoms with Gasteiger partial charge in [-0.25, -0.2) is 0 Å². The van der Waals surface area contributed by atoms with E-state index in [2.05, 4.69) is 0 Å². The molecule has 1 saturated carbocycles. The number of hydrogen-bond acceptors (Lipinski definition) is 3. The van der Waals surface area contributed by atoms with Crippen molar-refractivity contribution in [3.05, 3.63) is 0 Å². The summed E-state index contributed by atoms with van der Waals surface area (Å²) in [7, 11) is 0. The van der Waals surface area contributed by atoms with Crippen LogP contribution < -0.4 is 0 Å². The van der Waals surface area contributed by atoms with Crippen molar-refractivity contribution in [1.29, 1.82) is 0 Å². The number of ketones is 2. The predicted molar refractivity (Wildman–Crippen MR) is 43.5 cm³/mol. The fourth-order valence-corrected chi connectivity index (χ4v) is 1.41. The van der Waals surface area contributed by atoms with Gasteiger partial charge in [-0.15, -0.1) is 0 Å². The van der Waals surface area contributed by atoms with Gasteiger partial charge in [-0.2, -0.15) is 0 Å². The topological polar surface area (TPSA) is 54.4 Å². The Hall–Kier alpha value is -0.700. The summed E-state index contributed by atoms with van der Waals surface area (Å²) in [5.74, 6) is -0.295. The summed E-state index contributed by atoms with van der Waals surface area (Å²) in [4.78, 5) is 22.2. The van der Waals surface area contributed by atoms with E-state index < -0.39 is 6.61 Å². The molecule has 0 amide bonds. The maximum atomic E-state index is 11.3. The van der Waals surface area contributed by atoms with Gasteiger partial charge in [0.2, 0.25) is 0 Å². The zero-order chi connectivity index (χ0) is 9.30. The number of aliphatic hydroxyl groups is 1. The molecular formula is C9H14O3. The van der Waals surface area contributed by atoms with Crippen LogP contribution in [-0.2, 0) is 9.59 Å². The van der Waals surface area contributed by atoms with Gasteiger partial charge >= 0.3 is 0 Å². The van der Waals surface area contributed by atoms with Crippen molar-refractivity contribution in [3.63, 3.8) is 0 Å². The number of carbonyl (C=O) groups is 2. The first-order chi connectivity index (χ1) is 5.57. The third-order valence-corrected chi connectivity index (χ3v) is 2.29. The Labute approximate surface area is 71.8 Å². The lowest BCUT2D eigenvalue weighted by Crippen LogP contribution is -2.15. The largest absolute Gasteiger partial charge is 0.389 e.